The third-order valence-electron chi connectivity index (χ3n) is 3.89. The fraction of sp³-hybridized carbons (Fsp3) is 0.533. The van der Waals surface area contributed by atoms with E-state index in [1.54, 1.807) is 19.1 Å². The number of benzene rings is 1. The van der Waals surface area contributed by atoms with Gasteiger partial charge < -0.3 is 15.7 Å². The van der Waals surface area contributed by atoms with Crippen molar-refractivity contribution >= 4 is 17.3 Å². The van der Waals surface area contributed by atoms with Gasteiger partial charge in [0.15, 0.2) is 0 Å². The highest BCUT2D eigenvalue weighted by Crippen LogP contribution is 2.31. The number of nitrogens with one attached hydrogen (secondary N) is 2. The minimum atomic E-state index is -0.485. The first-order valence-electron chi connectivity index (χ1n) is 7.39. The normalized spacial score (nSPS) is 16.7. The molecule has 1 aromatic carbocycles. The van der Waals surface area contributed by atoms with E-state index in [2.05, 4.69) is 10.6 Å². The van der Waals surface area contributed by atoms with E-state index < -0.39 is 4.92 Å². The van der Waals surface area contributed by atoms with E-state index >= 15 is 0 Å². The maximum Gasteiger partial charge on any atom is 0.293 e. The second-order valence-electron chi connectivity index (χ2n) is 5.83. The Balaban J connectivity index is 2.15. The zero-order valence-electron chi connectivity index (χ0n) is 12.7. The number of nitro benzene ring substituents is 1. The molecule has 0 aromatic heterocycles. The molecule has 1 amide bonds. The Morgan fingerprint density at radius 1 is 1.45 bits per heavy atom. The summed E-state index contributed by atoms with van der Waals surface area (Å²) in [6, 6.07) is 4.51. The summed E-state index contributed by atoms with van der Waals surface area (Å²) in [6.07, 6.45) is 2.02. The Morgan fingerprint density at radius 2 is 2.14 bits per heavy atom. The molecule has 0 radical (unpaired) electrons. The number of nitrogens with zero attached hydrogens (tertiary/aromatic N) is 1. The number of anilines is 1. The molecule has 1 aliphatic carbocycles. The van der Waals surface area contributed by atoms with Crippen molar-refractivity contribution in [2.24, 2.45) is 5.92 Å². The summed E-state index contributed by atoms with van der Waals surface area (Å²) < 4.78 is 0. The number of aliphatic hydroxyl groups excluding tert-OH is 1. The van der Waals surface area contributed by atoms with Gasteiger partial charge in [0.1, 0.15) is 5.69 Å². The van der Waals surface area contributed by atoms with E-state index in [0.29, 0.717) is 11.7 Å². The molecule has 0 bridgehead atoms. The van der Waals surface area contributed by atoms with E-state index in [1.165, 1.54) is 6.07 Å². The predicted octanol–water partition coefficient (Wildman–Crippen LogP) is 1.92. The van der Waals surface area contributed by atoms with Crippen molar-refractivity contribution in [3.63, 3.8) is 0 Å². The maximum absolute atomic E-state index is 12.2. The number of aliphatic hydroxyl groups is 1. The highest BCUT2D eigenvalue weighted by atomic mass is 16.6. The van der Waals surface area contributed by atoms with Crippen LogP contribution in [0.15, 0.2) is 18.2 Å². The smallest absolute Gasteiger partial charge is 0.293 e. The average Bonchev–Trinajstić information content (AvgIpc) is 3.30. The van der Waals surface area contributed by atoms with Crippen LogP contribution in [0.4, 0.5) is 11.4 Å². The summed E-state index contributed by atoms with van der Waals surface area (Å²) in [4.78, 5) is 22.9. The number of nitro groups is 1. The van der Waals surface area contributed by atoms with Crippen molar-refractivity contribution in [3.05, 3.63) is 33.9 Å². The van der Waals surface area contributed by atoms with E-state index in [9.17, 15) is 14.9 Å². The molecule has 0 spiro atoms. The van der Waals surface area contributed by atoms with Crippen LogP contribution in [-0.4, -0.2) is 34.6 Å². The lowest BCUT2D eigenvalue weighted by Gasteiger charge is -2.19. The number of amides is 1. The molecule has 2 unspecified atom stereocenters. The van der Waals surface area contributed by atoms with Gasteiger partial charge in [-0.25, -0.2) is 0 Å². The van der Waals surface area contributed by atoms with Crippen molar-refractivity contribution in [1.29, 1.82) is 0 Å². The topological polar surface area (TPSA) is 104 Å². The van der Waals surface area contributed by atoms with Crippen LogP contribution in [0.2, 0.25) is 0 Å². The summed E-state index contributed by atoms with van der Waals surface area (Å²) in [5.74, 6) is -0.469. The van der Waals surface area contributed by atoms with Crippen molar-refractivity contribution in [2.45, 2.75) is 38.8 Å². The van der Waals surface area contributed by atoms with Crippen LogP contribution in [0.5, 0.6) is 0 Å². The monoisotopic (exact) mass is 307 g/mol. The Bertz CT molecular complexity index is 572. The molecule has 3 N–H and O–H groups in total. The second kappa shape index (κ2) is 6.74. The minimum absolute atomic E-state index is 0.0359. The third-order valence-corrected chi connectivity index (χ3v) is 3.89. The van der Waals surface area contributed by atoms with Gasteiger partial charge in [-0.1, -0.05) is 6.92 Å². The van der Waals surface area contributed by atoms with Crippen LogP contribution in [0, 0.1) is 16.0 Å². The molecule has 120 valence electrons. The molecule has 7 nitrogen and oxygen atoms in total. The molecule has 2 atom stereocenters. The predicted molar refractivity (Wildman–Crippen MR) is 82.9 cm³/mol. The molecular formula is C15H21N3O4. The number of carbonyl (C=O) groups excluding carboxylic acids is 1. The fourth-order valence-electron chi connectivity index (χ4n) is 1.98. The largest absolute Gasteiger partial charge is 0.396 e. The van der Waals surface area contributed by atoms with Crippen LogP contribution in [0.3, 0.4) is 0 Å². The Morgan fingerprint density at radius 3 is 2.68 bits per heavy atom. The van der Waals surface area contributed by atoms with E-state index in [4.69, 9.17) is 5.11 Å². The molecule has 2 rings (SSSR count). The van der Waals surface area contributed by atoms with Crippen LogP contribution in [-0.2, 0) is 0 Å². The number of hydrogen-bond acceptors (Lipinski definition) is 5. The van der Waals surface area contributed by atoms with Crippen molar-refractivity contribution in [2.75, 3.05) is 11.9 Å². The van der Waals surface area contributed by atoms with Gasteiger partial charge in [-0.15, -0.1) is 0 Å². The zero-order chi connectivity index (χ0) is 16.3. The second-order valence-corrected chi connectivity index (χ2v) is 5.83. The van der Waals surface area contributed by atoms with Gasteiger partial charge in [0.2, 0.25) is 0 Å². The van der Waals surface area contributed by atoms with E-state index in [0.717, 1.165) is 12.8 Å². The van der Waals surface area contributed by atoms with E-state index in [1.807, 2.05) is 6.92 Å². The van der Waals surface area contributed by atoms with Crippen molar-refractivity contribution < 1.29 is 14.8 Å². The van der Waals surface area contributed by atoms with Crippen molar-refractivity contribution in [1.82, 2.24) is 5.32 Å². The third kappa shape index (κ3) is 3.94. The summed E-state index contributed by atoms with van der Waals surface area (Å²) >= 11 is 0. The zero-order valence-corrected chi connectivity index (χ0v) is 12.7. The molecule has 1 fully saturated rings. The van der Waals surface area contributed by atoms with Gasteiger partial charge in [0.05, 0.1) is 4.92 Å². The van der Waals surface area contributed by atoms with Crippen LogP contribution in [0.25, 0.3) is 0 Å². The van der Waals surface area contributed by atoms with Gasteiger partial charge in [0.25, 0.3) is 11.6 Å². The summed E-state index contributed by atoms with van der Waals surface area (Å²) in [5, 5.41) is 26.1. The number of rotatable bonds is 7. The first-order chi connectivity index (χ1) is 10.4. The van der Waals surface area contributed by atoms with Gasteiger partial charge >= 0.3 is 0 Å². The van der Waals surface area contributed by atoms with Crippen LogP contribution >= 0.6 is 0 Å². The molecule has 1 aliphatic rings. The SMILES string of the molecule is CC(CO)C(C)NC(=O)c1ccc(NC2CC2)c([N+](=O)[O-])c1. The molecular weight excluding hydrogens is 286 g/mol. The molecule has 0 heterocycles. The lowest BCUT2D eigenvalue weighted by Crippen LogP contribution is -2.38. The Hall–Kier alpha value is -2.15. The van der Waals surface area contributed by atoms with Crippen LogP contribution in [0.1, 0.15) is 37.0 Å². The molecule has 0 saturated heterocycles. The van der Waals surface area contributed by atoms with Gasteiger partial charge in [-0.2, -0.15) is 0 Å². The Kier molecular flexibility index (Phi) is 4.97. The molecule has 0 aliphatic heterocycles. The summed E-state index contributed by atoms with van der Waals surface area (Å²) in [6.45, 7) is 3.57. The summed E-state index contributed by atoms with van der Waals surface area (Å²) in [5.41, 5.74) is 0.591. The molecule has 1 aromatic rings. The minimum Gasteiger partial charge on any atom is -0.396 e. The quantitative estimate of drug-likeness (QED) is 0.527. The maximum atomic E-state index is 12.2. The van der Waals surface area contributed by atoms with Gasteiger partial charge in [-0.3, -0.25) is 14.9 Å². The van der Waals surface area contributed by atoms with Crippen molar-refractivity contribution in [3.8, 4) is 0 Å². The van der Waals surface area contributed by atoms with Crippen LogP contribution < -0.4 is 10.6 Å². The standard InChI is InChI=1S/C15H21N3O4/c1-9(8-19)10(2)16-15(20)11-3-6-13(17-12-4-5-12)14(7-11)18(21)22/h3,6-7,9-10,12,17,19H,4-5,8H2,1-2H3,(H,16,20). The lowest BCUT2D eigenvalue weighted by molar-refractivity contribution is -0.384. The Labute approximate surface area is 128 Å². The molecule has 7 heteroatoms. The average molecular weight is 307 g/mol. The highest BCUT2D eigenvalue weighted by molar-refractivity contribution is 5.96. The fourth-order valence-corrected chi connectivity index (χ4v) is 1.98. The lowest BCUT2D eigenvalue weighted by atomic mass is 10.0. The van der Waals surface area contributed by atoms with Gasteiger partial charge in [0, 0.05) is 30.3 Å². The highest BCUT2D eigenvalue weighted by Gasteiger charge is 2.26. The molecule has 22 heavy (non-hydrogen) atoms. The summed E-state index contributed by atoms with van der Waals surface area (Å²) in [7, 11) is 0. The number of hydrogen-bond donors (Lipinski definition) is 3. The first-order valence-corrected chi connectivity index (χ1v) is 7.39. The first kappa shape index (κ1) is 16.2. The molecule has 1 saturated carbocycles. The number of carbonyl (C=O) groups is 1. The van der Waals surface area contributed by atoms with Gasteiger partial charge in [-0.05, 0) is 37.8 Å². The van der Waals surface area contributed by atoms with E-state index in [-0.39, 0.29) is 35.7 Å².